The summed E-state index contributed by atoms with van der Waals surface area (Å²) in [6.45, 7) is 10.6. The molecule has 0 aliphatic carbocycles. The lowest BCUT2D eigenvalue weighted by atomic mass is 10.3. The molecule has 2 heterocycles. The lowest BCUT2D eigenvalue weighted by Crippen LogP contribution is -2.42. The molecule has 1 atom stereocenters. The lowest BCUT2D eigenvalue weighted by Gasteiger charge is -2.28. The fourth-order valence-electron chi connectivity index (χ4n) is 1.92. The second kappa shape index (κ2) is 8.24. The average molecular weight is 255 g/mol. The SMILES string of the molecule is CC.Cc1ccn(CC(O)CN2CCOCC2)n1. The van der Waals surface area contributed by atoms with Gasteiger partial charge in [0.15, 0.2) is 0 Å². The van der Waals surface area contributed by atoms with Crippen LogP contribution in [0.3, 0.4) is 0 Å². The van der Waals surface area contributed by atoms with E-state index in [1.54, 1.807) is 4.68 Å². The van der Waals surface area contributed by atoms with Gasteiger partial charge in [0, 0.05) is 25.8 Å². The summed E-state index contributed by atoms with van der Waals surface area (Å²) in [5.74, 6) is 0. The first-order chi connectivity index (χ1) is 8.74. The maximum atomic E-state index is 9.92. The fraction of sp³-hybridized carbons (Fsp3) is 0.769. The van der Waals surface area contributed by atoms with Gasteiger partial charge in [0.05, 0.1) is 31.6 Å². The van der Waals surface area contributed by atoms with Crippen molar-refractivity contribution in [3.05, 3.63) is 18.0 Å². The number of morpholine rings is 1. The zero-order valence-corrected chi connectivity index (χ0v) is 11.7. The molecular formula is C13H25N3O2. The molecule has 18 heavy (non-hydrogen) atoms. The van der Waals surface area contributed by atoms with Crippen molar-refractivity contribution in [2.75, 3.05) is 32.8 Å². The van der Waals surface area contributed by atoms with Gasteiger partial charge in [-0.2, -0.15) is 5.10 Å². The zero-order valence-electron chi connectivity index (χ0n) is 11.7. The first-order valence-electron chi connectivity index (χ1n) is 6.72. The van der Waals surface area contributed by atoms with Crippen molar-refractivity contribution >= 4 is 0 Å². The van der Waals surface area contributed by atoms with Crippen molar-refractivity contribution in [3.8, 4) is 0 Å². The third-order valence-electron chi connectivity index (χ3n) is 2.74. The number of aliphatic hydroxyl groups excluding tert-OH is 1. The van der Waals surface area contributed by atoms with Crippen molar-refractivity contribution in [3.63, 3.8) is 0 Å². The van der Waals surface area contributed by atoms with Gasteiger partial charge in [0.1, 0.15) is 0 Å². The van der Waals surface area contributed by atoms with E-state index < -0.39 is 0 Å². The van der Waals surface area contributed by atoms with Crippen LogP contribution in [0.4, 0.5) is 0 Å². The molecule has 1 fully saturated rings. The summed E-state index contributed by atoms with van der Waals surface area (Å²) in [5, 5.41) is 14.2. The number of hydrogen-bond acceptors (Lipinski definition) is 4. The van der Waals surface area contributed by atoms with E-state index in [2.05, 4.69) is 10.00 Å². The van der Waals surface area contributed by atoms with Crippen LogP contribution in [0.25, 0.3) is 0 Å². The van der Waals surface area contributed by atoms with Gasteiger partial charge >= 0.3 is 0 Å². The van der Waals surface area contributed by atoms with Gasteiger partial charge < -0.3 is 9.84 Å². The Morgan fingerprint density at radius 1 is 1.33 bits per heavy atom. The Labute approximate surface area is 109 Å². The minimum Gasteiger partial charge on any atom is -0.390 e. The molecular weight excluding hydrogens is 230 g/mol. The molecule has 104 valence electrons. The highest BCUT2D eigenvalue weighted by Gasteiger charge is 2.15. The van der Waals surface area contributed by atoms with Gasteiger partial charge in [-0.15, -0.1) is 0 Å². The first kappa shape index (κ1) is 15.1. The molecule has 1 N–H and O–H groups in total. The van der Waals surface area contributed by atoms with Crippen LogP contribution >= 0.6 is 0 Å². The number of hydrogen-bond donors (Lipinski definition) is 1. The van der Waals surface area contributed by atoms with E-state index in [1.165, 1.54) is 0 Å². The zero-order chi connectivity index (χ0) is 13.4. The van der Waals surface area contributed by atoms with E-state index >= 15 is 0 Å². The highest BCUT2D eigenvalue weighted by Crippen LogP contribution is 2.01. The van der Waals surface area contributed by atoms with Crippen LogP contribution in [0.1, 0.15) is 19.5 Å². The Morgan fingerprint density at radius 3 is 2.56 bits per heavy atom. The van der Waals surface area contributed by atoms with E-state index in [0.717, 1.165) is 32.0 Å². The molecule has 1 aromatic rings. The van der Waals surface area contributed by atoms with Gasteiger partial charge in [-0.3, -0.25) is 9.58 Å². The third-order valence-corrected chi connectivity index (χ3v) is 2.74. The smallest absolute Gasteiger partial charge is 0.0862 e. The van der Waals surface area contributed by atoms with Crippen LogP contribution in [0.2, 0.25) is 0 Å². The number of ether oxygens (including phenoxy) is 1. The van der Waals surface area contributed by atoms with Gasteiger partial charge in [0.25, 0.3) is 0 Å². The van der Waals surface area contributed by atoms with Gasteiger partial charge in [-0.05, 0) is 13.0 Å². The minimum absolute atomic E-state index is 0.364. The van der Waals surface area contributed by atoms with Crippen LogP contribution < -0.4 is 0 Å². The van der Waals surface area contributed by atoms with E-state index in [0.29, 0.717) is 13.1 Å². The van der Waals surface area contributed by atoms with Crippen molar-refractivity contribution in [2.45, 2.75) is 33.4 Å². The number of nitrogens with zero attached hydrogens (tertiary/aromatic N) is 3. The highest BCUT2D eigenvalue weighted by atomic mass is 16.5. The maximum Gasteiger partial charge on any atom is 0.0862 e. The molecule has 1 aliphatic rings. The van der Waals surface area contributed by atoms with Crippen LogP contribution in [-0.4, -0.2) is 58.7 Å². The maximum absolute atomic E-state index is 9.92. The number of β-amino-alcohol motifs (C(OH)–C–C–N with tert-alkyl or cyclic N) is 1. The predicted molar refractivity (Wildman–Crippen MR) is 71.6 cm³/mol. The van der Waals surface area contributed by atoms with Crippen molar-refractivity contribution < 1.29 is 9.84 Å². The molecule has 1 saturated heterocycles. The fourth-order valence-corrected chi connectivity index (χ4v) is 1.92. The number of aliphatic hydroxyl groups is 1. The summed E-state index contributed by atoms with van der Waals surface area (Å²) in [7, 11) is 0. The van der Waals surface area contributed by atoms with E-state index in [1.807, 2.05) is 33.0 Å². The summed E-state index contributed by atoms with van der Waals surface area (Å²) < 4.78 is 7.05. The molecule has 1 aliphatic heterocycles. The largest absolute Gasteiger partial charge is 0.390 e. The second-order valence-electron chi connectivity index (χ2n) is 4.25. The second-order valence-corrected chi connectivity index (χ2v) is 4.25. The predicted octanol–water partition coefficient (Wildman–Crippen LogP) is 0.911. The third kappa shape index (κ3) is 5.16. The Morgan fingerprint density at radius 2 is 2.00 bits per heavy atom. The van der Waals surface area contributed by atoms with E-state index in [9.17, 15) is 5.11 Å². The molecule has 5 heteroatoms. The minimum atomic E-state index is -0.364. The van der Waals surface area contributed by atoms with Crippen molar-refractivity contribution in [1.82, 2.24) is 14.7 Å². The Bertz CT molecular complexity index is 322. The van der Waals surface area contributed by atoms with Gasteiger partial charge in [0.2, 0.25) is 0 Å². The summed E-state index contributed by atoms with van der Waals surface area (Å²) in [5.41, 5.74) is 0.985. The average Bonchev–Trinajstić information content (AvgIpc) is 2.78. The van der Waals surface area contributed by atoms with Crippen LogP contribution in [0, 0.1) is 6.92 Å². The monoisotopic (exact) mass is 255 g/mol. The van der Waals surface area contributed by atoms with Crippen LogP contribution in [0.5, 0.6) is 0 Å². The molecule has 1 unspecified atom stereocenters. The molecule has 0 radical (unpaired) electrons. The number of aryl methyl sites for hydroxylation is 1. The lowest BCUT2D eigenvalue weighted by molar-refractivity contribution is 0.0108. The summed E-state index contributed by atoms with van der Waals surface area (Å²) in [6, 6.07) is 1.95. The highest BCUT2D eigenvalue weighted by molar-refractivity contribution is 4.94. The van der Waals surface area contributed by atoms with Crippen LogP contribution in [-0.2, 0) is 11.3 Å². The van der Waals surface area contributed by atoms with E-state index in [4.69, 9.17) is 4.74 Å². The Balaban J connectivity index is 0.000000771. The number of rotatable bonds is 4. The summed E-state index contributed by atoms with van der Waals surface area (Å²) >= 11 is 0. The van der Waals surface area contributed by atoms with E-state index in [-0.39, 0.29) is 6.10 Å². The molecule has 0 amide bonds. The van der Waals surface area contributed by atoms with Crippen molar-refractivity contribution in [2.24, 2.45) is 0 Å². The molecule has 5 nitrogen and oxygen atoms in total. The Hall–Kier alpha value is -0.910. The first-order valence-corrected chi connectivity index (χ1v) is 6.72. The standard InChI is InChI=1S/C11H19N3O2.C2H6/c1-10-2-3-14(12-10)9-11(15)8-13-4-6-16-7-5-13;1-2/h2-3,11,15H,4-9H2,1H3;1-2H3. The van der Waals surface area contributed by atoms with Crippen molar-refractivity contribution in [1.29, 1.82) is 0 Å². The molecule has 0 saturated carbocycles. The van der Waals surface area contributed by atoms with Gasteiger partial charge in [-0.1, -0.05) is 13.8 Å². The summed E-state index contributed by atoms with van der Waals surface area (Å²) in [6.07, 6.45) is 1.54. The molecule has 1 aromatic heterocycles. The molecule has 0 spiro atoms. The van der Waals surface area contributed by atoms with Gasteiger partial charge in [-0.25, -0.2) is 0 Å². The normalized spacial score (nSPS) is 18.0. The molecule has 2 rings (SSSR count). The number of aromatic nitrogens is 2. The Kier molecular flexibility index (Phi) is 6.93. The molecule has 0 bridgehead atoms. The topological polar surface area (TPSA) is 50.5 Å². The quantitative estimate of drug-likeness (QED) is 0.869. The summed E-state index contributed by atoms with van der Waals surface area (Å²) in [4.78, 5) is 2.23. The van der Waals surface area contributed by atoms with Crippen LogP contribution in [0.15, 0.2) is 12.3 Å². The molecule has 0 aromatic carbocycles.